The predicted molar refractivity (Wildman–Crippen MR) is 264 cm³/mol. The summed E-state index contributed by atoms with van der Waals surface area (Å²) in [5.41, 5.74) is 15.9. The fraction of sp³-hybridized carbons (Fsp3) is 0.255. The Hall–Kier alpha value is -8.68. The van der Waals surface area contributed by atoms with E-state index in [1.807, 2.05) is 44.2 Å². The molecule has 18 nitrogen and oxygen atoms in total. The summed E-state index contributed by atoms with van der Waals surface area (Å²) >= 11 is 0. The van der Waals surface area contributed by atoms with Gasteiger partial charge in [0.05, 0.1) is 28.9 Å². The van der Waals surface area contributed by atoms with Crippen LogP contribution in [0.4, 0.5) is 20.4 Å². The summed E-state index contributed by atoms with van der Waals surface area (Å²) in [6.07, 6.45) is 8.08. The largest absolute Gasteiger partial charge is 0.508 e. The number of rotatable bonds is 9. The molecule has 358 valence electrons. The minimum Gasteiger partial charge on any atom is -0.508 e. The van der Waals surface area contributed by atoms with Gasteiger partial charge in [-0.15, -0.1) is 0 Å². The van der Waals surface area contributed by atoms with Crippen LogP contribution in [-0.2, 0) is 0 Å². The molecule has 5 N–H and O–H groups in total. The first-order chi connectivity index (χ1) is 34.4. The molecule has 2 atom stereocenters. The maximum absolute atomic E-state index is 14.7. The van der Waals surface area contributed by atoms with Crippen LogP contribution in [0.5, 0.6) is 11.5 Å². The van der Waals surface area contributed by atoms with Crippen LogP contribution in [0.3, 0.4) is 0 Å². The van der Waals surface area contributed by atoms with E-state index in [-0.39, 0.29) is 40.0 Å². The number of nitrogens with two attached hydrogens (primary N) is 2. The van der Waals surface area contributed by atoms with E-state index in [2.05, 4.69) is 19.9 Å². The lowest BCUT2D eigenvalue weighted by Gasteiger charge is -2.31. The predicted octanol–water partition coefficient (Wildman–Crippen LogP) is 8.23. The number of hydrogen-bond acceptors (Lipinski definition) is 14. The molecular formula is C51H46F2N14O4. The van der Waals surface area contributed by atoms with Crippen LogP contribution in [0.25, 0.3) is 66.4 Å². The van der Waals surface area contributed by atoms with Crippen LogP contribution >= 0.6 is 0 Å². The fourth-order valence-electron chi connectivity index (χ4n) is 9.60. The molecule has 0 spiro atoms. The van der Waals surface area contributed by atoms with Gasteiger partial charge in [0.15, 0.2) is 11.3 Å². The highest BCUT2D eigenvalue weighted by molar-refractivity contribution is 5.99. The summed E-state index contributed by atoms with van der Waals surface area (Å²) < 4.78 is 41.3. The summed E-state index contributed by atoms with van der Waals surface area (Å²) in [6, 6.07) is 22.0. The monoisotopic (exact) mass is 956 g/mol. The molecule has 0 radical (unpaired) electrons. The minimum absolute atomic E-state index is 0.00677. The van der Waals surface area contributed by atoms with Crippen LogP contribution < -0.4 is 27.3 Å². The van der Waals surface area contributed by atoms with Gasteiger partial charge >= 0.3 is 0 Å². The number of phenolic OH excluding ortho intramolecular Hbond substituents is 1. The van der Waals surface area contributed by atoms with Crippen molar-refractivity contribution in [2.75, 3.05) is 18.6 Å². The molecule has 10 aromatic rings. The molecular weight excluding hydrogens is 911 g/mol. The number of nitrogens with zero attached hydrogens (tertiary/aromatic N) is 12. The van der Waals surface area contributed by atoms with Crippen molar-refractivity contribution in [3.8, 4) is 34.0 Å². The van der Waals surface area contributed by atoms with E-state index in [1.165, 1.54) is 24.8 Å². The summed E-state index contributed by atoms with van der Waals surface area (Å²) in [6.45, 7) is 3.78. The van der Waals surface area contributed by atoms with E-state index in [1.54, 1.807) is 68.1 Å². The highest BCUT2D eigenvalue weighted by Gasteiger charge is 2.32. The van der Waals surface area contributed by atoms with Crippen LogP contribution in [0.15, 0.2) is 107 Å². The van der Waals surface area contributed by atoms with Gasteiger partial charge in [-0.3, -0.25) is 18.7 Å². The second-order valence-electron chi connectivity index (χ2n) is 17.9. The molecule has 2 aliphatic carbocycles. The van der Waals surface area contributed by atoms with Crippen molar-refractivity contribution in [3.63, 3.8) is 0 Å². The molecule has 4 aromatic carbocycles. The lowest BCUT2D eigenvalue weighted by molar-refractivity contribution is 0.288. The van der Waals surface area contributed by atoms with Gasteiger partial charge in [-0.1, -0.05) is 36.4 Å². The van der Waals surface area contributed by atoms with Crippen molar-refractivity contribution < 1.29 is 18.6 Å². The maximum Gasteiger partial charge on any atom is 0.264 e. The molecule has 2 unspecified atom stereocenters. The van der Waals surface area contributed by atoms with E-state index in [0.29, 0.717) is 73.3 Å². The summed E-state index contributed by atoms with van der Waals surface area (Å²) in [4.78, 5) is 53.8. The van der Waals surface area contributed by atoms with Crippen molar-refractivity contribution in [3.05, 3.63) is 142 Å². The molecule has 2 aliphatic rings. The molecule has 2 fully saturated rings. The zero-order valence-corrected chi connectivity index (χ0v) is 38.7. The molecule has 0 aliphatic heterocycles. The first-order valence-corrected chi connectivity index (χ1v) is 23.2. The smallest absolute Gasteiger partial charge is 0.264 e. The van der Waals surface area contributed by atoms with Gasteiger partial charge in [-0.05, 0) is 101 Å². The molecule has 0 amide bonds. The number of ether oxygens (including phenoxy) is 1. The number of anilines is 2. The molecule has 20 heteroatoms. The zero-order chi connectivity index (χ0) is 49.2. The Morgan fingerprint density at radius 1 is 0.620 bits per heavy atom. The van der Waals surface area contributed by atoms with Crippen molar-refractivity contribution >= 4 is 55.5 Å². The van der Waals surface area contributed by atoms with Gasteiger partial charge in [0.25, 0.3) is 11.1 Å². The second-order valence-corrected chi connectivity index (χ2v) is 17.9. The minimum atomic E-state index is -0.580. The van der Waals surface area contributed by atoms with Crippen molar-refractivity contribution in [1.82, 2.24) is 58.6 Å². The van der Waals surface area contributed by atoms with Gasteiger partial charge in [-0.2, -0.15) is 10.2 Å². The van der Waals surface area contributed by atoms with Crippen molar-refractivity contribution in [2.24, 2.45) is 0 Å². The number of halogens is 2. The Morgan fingerprint density at radius 3 is 1.51 bits per heavy atom. The molecule has 71 heavy (non-hydrogen) atoms. The highest BCUT2D eigenvalue weighted by atomic mass is 19.1. The quantitative estimate of drug-likeness (QED) is 0.124. The van der Waals surface area contributed by atoms with Gasteiger partial charge in [-0.25, -0.2) is 48.0 Å². The zero-order valence-electron chi connectivity index (χ0n) is 38.7. The van der Waals surface area contributed by atoms with Gasteiger partial charge in [0.2, 0.25) is 0 Å². The van der Waals surface area contributed by atoms with Crippen LogP contribution in [0.2, 0.25) is 0 Å². The number of aromatic hydroxyl groups is 1. The van der Waals surface area contributed by atoms with Gasteiger partial charge in [0, 0.05) is 23.2 Å². The first-order valence-electron chi connectivity index (χ1n) is 23.2. The third-order valence-electron chi connectivity index (χ3n) is 13.7. The molecule has 6 aromatic heterocycles. The highest BCUT2D eigenvalue weighted by Crippen LogP contribution is 2.39. The molecule has 0 saturated heterocycles. The Bertz CT molecular complexity index is 3860. The van der Waals surface area contributed by atoms with Crippen LogP contribution in [-0.4, -0.2) is 70.8 Å². The normalized spacial score (nSPS) is 14.8. The SMILES string of the molecule is CC(c1nc2cccc(F)c2c(=O)n1C1CCC1)n1nc(-c2cccc(O)c2)c2c(N)ncnc21.COc1cccc(-c2nn(C(C)c3nc4cccc(F)c4c(=O)n3C3CCC3)c3ncnc(N)c23)c1. The standard InChI is InChI=1S/C26H24FN7O2.C25H22FN7O2/c1-14(24-31-19-11-5-10-18(27)20(19)26(35)33(24)16-7-4-8-16)34-25-21(23(28)29-13-30-25)22(32-34)15-6-3-9-17(12-15)36-2;1-13(23-30-18-10-4-9-17(26)19(18)25(35)32(23)15-6-3-7-15)33-24-20(22(27)28-12-29-24)21(31-33)14-5-2-8-16(34)11-14/h3,5-6,9-14,16H,4,7-8H2,1-2H3,(H2,28,29,30);2,4-5,8-13,15,34H,3,6-7H2,1H3,(H2,27,28,29). The molecule has 12 rings (SSSR count). The number of aromatic nitrogens is 12. The number of phenols is 1. The van der Waals surface area contributed by atoms with Crippen LogP contribution in [0, 0.1) is 11.6 Å². The van der Waals surface area contributed by atoms with Crippen molar-refractivity contribution in [1.29, 1.82) is 0 Å². The number of benzene rings is 4. The third kappa shape index (κ3) is 7.53. The van der Waals surface area contributed by atoms with E-state index in [4.69, 9.17) is 36.4 Å². The topological polar surface area (TPSA) is 238 Å². The number of methoxy groups -OCH3 is 1. The maximum atomic E-state index is 14.7. The summed E-state index contributed by atoms with van der Waals surface area (Å²) in [5, 5.41) is 20.9. The van der Waals surface area contributed by atoms with Crippen LogP contribution in [0.1, 0.15) is 88.2 Å². The molecule has 0 bridgehead atoms. The van der Waals surface area contributed by atoms with E-state index >= 15 is 0 Å². The molecule has 2 saturated carbocycles. The Morgan fingerprint density at radius 2 is 1.07 bits per heavy atom. The van der Waals surface area contributed by atoms with E-state index < -0.39 is 29.3 Å². The number of nitrogen functional groups attached to an aromatic ring is 2. The summed E-state index contributed by atoms with van der Waals surface area (Å²) in [5.74, 6) is 1.13. The average Bonchev–Trinajstić information content (AvgIpc) is 3.93. The van der Waals surface area contributed by atoms with Gasteiger partial charge in [0.1, 0.15) is 93.3 Å². The first kappa shape index (κ1) is 44.8. The van der Waals surface area contributed by atoms with Gasteiger partial charge < -0.3 is 21.3 Å². The van der Waals surface area contributed by atoms with E-state index in [9.17, 15) is 23.5 Å². The summed E-state index contributed by atoms with van der Waals surface area (Å²) in [7, 11) is 1.60. The Labute approximate surface area is 402 Å². The fourth-order valence-corrected chi connectivity index (χ4v) is 9.60. The average molecular weight is 957 g/mol. The van der Waals surface area contributed by atoms with Crippen molar-refractivity contribution in [2.45, 2.75) is 76.5 Å². The van der Waals surface area contributed by atoms with E-state index in [0.717, 1.165) is 44.1 Å². The Balaban J connectivity index is 0.000000154. The number of hydrogen-bond donors (Lipinski definition) is 3. The lowest BCUT2D eigenvalue weighted by atomic mass is 9.92. The Kier molecular flexibility index (Phi) is 11.2. The third-order valence-corrected chi connectivity index (χ3v) is 13.7. The second kappa shape index (κ2) is 17.7. The number of fused-ring (bicyclic) bond motifs is 4. The lowest BCUT2D eigenvalue weighted by Crippen LogP contribution is -2.35. The molecule has 6 heterocycles.